The van der Waals surface area contributed by atoms with Gasteiger partial charge in [-0.25, -0.2) is 16.8 Å². The van der Waals surface area contributed by atoms with Crippen LogP contribution in [0, 0.1) is 12.8 Å². The molecule has 0 radical (unpaired) electrons. The van der Waals surface area contributed by atoms with E-state index >= 15 is 0 Å². The van der Waals surface area contributed by atoms with Gasteiger partial charge in [0.15, 0.2) is 0 Å². The number of likely N-dealkylation sites (N-methyl/N-ethyl adjacent to an activating group) is 1. The van der Waals surface area contributed by atoms with E-state index in [-0.39, 0.29) is 52.8 Å². The number of ether oxygens (including phenoxy) is 2. The Morgan fingerprint density at radius 1 is 0.979 bits per heavy atom. The summed E-state index contributed by atoms with van der Waals surface area (Å²) in [7, 11) is -6.24. The second-order valence-electron chi connectivity index (χ2n) is 12.5. The summed E-state index contributed by atoms with van der Waals surface area (Å²) in [5.41, 5.74) is 1.23. The van der Waals surface area contributed by atoms with Crippen molar-refractivity contribution in [3.05, 3.63) is 83.9 Å². The molecule has 1 amide bonds. The first kappa shape index (κ1) is 37.3. The number of aliphatic hydroxyl groups is 1. The molecule has 0 spiro atoms. The quantitative estimate of drug-likeness (QED) is 0.321. The summed E-state index contributed by atoms with van der Waals surface area (Å²) in [5, 5.41) is 10.2. The van der Waals surface area contributed by atoms with E-state index in [1.165, 1.54) is 34.5 Å². The fourth-order valence-electron chi connectivity index (χ4n) is 5.50. The molecule has 0 unspecified atom stereocenters. The molecule has 11 nitrogen and oxygen atoms in total. The van der Waals surface area contributed by atoms with E-state index in [0.29, 0.717) is 25.2 Å². The van der Waals surface area contributed by atoms with Gasteiger partial charge in [0, 0.05) is 38.3 Å². The van der Waals surface area contributed by atoms with Crippen molar-refractivity contribution in [1.82, 2.24) is 9.21 Å². The predicted octanol–water partition coefficient (Wildman–Crippen LogP) is 4.91. The van der Waals surface area contributed by atoms with Gasteiger partial charge in [-0.05, 0) is 82.5 Å². The molecule has 1 aliphatic heterocycles. The number of nitrogens with zero attached hydrogens (tertiary/aromatic N) is 2. The van der Waals surface area contributed by atoms with Gasteiger partial charge in [0.1, 0.15) is 5.75 Å². The second kappa shape index (κ2) is 16.3. The van der Waals surface area contributed by atoms with E-state index in [4.69, 9.17) is 9.47 Å². The van der Waals surface area contributed by atoms with Crippen molar-refractivity contribution in [3.8, 4) is 5.75 Å². The molecule has 0 saturated heterocycles. The molecule has 0 aliphatic carbocycles. The average Bonchev–Trinajstić information content (AvgIpc) is 3.06. The topological polar surface area (TPSA) is 143 Å². The first-order chi connectivity index (χ1) is 22.7. The molecule has 1 aliphatic rings. The van der Waals surface area contributed by atoms with Crippen molar-refractivity contribution in [1.29, 1.82) is 0 Å². The summed E-state index contributed by atoms with van der Waals surface area (Å²) in [6.45, 7) is 7.59. The Morgan fingerprint density at radius 3 is 2.33 bits per heavy atom. The van der Waals surface area contributed by atoms with Crippen LogP contribution in [-0.4, -0.2) is 88.7 Å². The van der Waals surface area contributed by atoms with E-state index in [1.54, 1.807) is 61.5 Å². The van der Waals surface area contributed by atoms with Gasteiger partial charge in [-0.1, -0.05) is 42.8 Å². The van der Waals surface area contributed by atoms with Crippen molar-refractivity contribution < 1.29 is 36.2 Å². The number of anilines is 1. The first-order valence-corrected chi connectivity index (χ1v) is 19.1. The van der Waals surface area contributed by atoms with Gasteiger partial charge >= 0.3 is 0 Å². The number of rotatable bonds is 9. The number of hydrogen-bond acceptors (Lipinski definition) is 8. The smallest absolute Gasteiger partial charge is 0.261 e. The molecule has 0 aromatic heterocycles. The number of amides is 1. The third-order valence-electron chi connectivity index (χ3n) is 8.52. The van der Waals surface area contributed by atoms with Crippen molar-refractivity contribution in [2.24, 2.45) is 5.92 Å². The summed E-state index contributed by atoms with van der Waals surface area (Å²) >= 11 is 0. The number of fused-ring (bicyclic) bond motifs is 1. The standard InChI is InChI=1S/C35H47N3O8S2/c1-25-14-17-30(18-15-25)47(41,42)36-29-16-19-33-32(21-29)35(40)38(27(3)24-39)22-26(2)34(45-20-10-9-11-28(4)46-33)23-37(5)48(43,44)31-12-7-6-8-13-31/h6-8,12-19,21,26-28,34,36,39H,9-11,20,22-24H2,1-5H3/t26-,27-,28-,34+/m0/s1. The highest BCUT2D eigenvalue weighted by Crippen LogP contribution is 2.30. The zero-order valence-electron chi connectivity index (χ0n) is 28.2. The van der Waals surface area contributed by atoms with Crippen molar-refractivity contribution in [2.45, 2.75) is 75.0 Å². The minimum Gasteiger partial charge on any atom is -0.490 e. The maximum atomic E-state index is 14.4. The molecule has 0 saturated carbocycles. The minimum atomic E-state index is -3.95. The van der Waals surface area contributed by atoms with E-state index < -0.39 is 38.1 Å². The van der Waals surface area contributed by atoms with Gasteiger partial charge in [-0.2, -0.15) is 4.31 Å². The van der Waals surface area contributed by atoms with Crippen LogP contribution < -0.4 is 9.46 Å². The van der Waals surface area contributed by atoms with E-state index in [2.05, 4.69) is 4.72 Å². The van der Waals surface area contributed by atoms with Crippen LogP contribution in [0.1, 0.15) is 56.0 Å². The lowest BCUT2D eigenvalue weighted by Crippen LogP contribution is -2.48. The Hall–Kier alpha value is -3.49. The van der Waals surface area contributed by atoms with Crippen LogP contribution in [0.5, 0.6) is 5.75 Å². The van der Waals surface area contributed by atoms with Crippen LogP contribution in [0.15, 0.2) is 82.6 Å². The SMILES string of the molecule is Cc1ccc(S(=O)(=O)Nc2ccc3c(c2)C(=O)N([C@@H](C)CO)C[C@H](C)[C@@H](CN(C)S(=O)(=O)c2ccccc2)OCCCC[C@H](C)O3)cc1. The van der Waals surface area contributed by atoms with Crippen molar-refractivity contribution in [3.63, 3.8) is 0 Å². The molecular weight excluding hydrogens is 655 g/mol. The highest BCUT2D eigenvalue weighted by molar-refractivity contribution is 7.92. The summed E-state index contributed by atoms with van der Waals surface area (Å²) in [4.78, 5) is 16.1. The van der Waals surface area contributed by atoms with E-state index in [1.807, 2.05) is 20.8 Å². The molecule has 1 heterocycles. The second-order valence-corrected chi connectivity index (χ2v) is 16.3. The highest BCUT2D eigenvalue weighted by atomic mass is 32.2. The highest BCUT2D eigenvalue weighted by Gasteiger charge is 2.32. The lowest BCUT2D eigenvalue weighted by Gasteiger charge is -2.35. The zero-order chi connectivity index (χ0) is 35.1. The normalized spacial score (nSPS) is 20.8. The third kappa shape index (κ3) is 9.35. The zero-order valence-corrected chi connectivity index (χ0v) is 29.8. The van der Waals surface area contributed by atoms with Crippen LogP contribution in [-0.2, 0) is 24.8 Å². The Labute approximate surface area is 285 Å². The number of aryl methyl sites for hydroxylation is 1. The summed E-state index contributed by atoms with van der Waals surface area (Å²) in [6, 6.07) is 18.6. The average molecular weight is 702 g/mol. The Kier molecular flexibility index (Phi) is 12.7. The molecule has 3 aromatic rings. The minimum absolute atomic E-state index is 0.0506. The maximum Gasteiger partial charge on any atom is 0.261 e. The van der Waals surface area contributed by atoms with E-state index in [9.17, 15) is 26.7 Å². The molecule has 0 fully saturated rings. The first-order valence-electron chi connectivity index (χ1n) is 16.2. The molecule has 4 rings (SSSR count). The van der Waals surface area contributed by atoms with Gasteiger partial charge in [-0.15, -0.1) is 0 Å². The molecule has 48 heavy (non-hydrogen) atoms. The predicted molar refractivity (Wildman–Crippen MR) is 185 cm³/mol. The molecule has 0 bridgehead atoms. The lowest BCUT2D eigenvalue weighted by molar-refractivity contribution is -0.00833. The summed E-state index contributed by atoms with van der Waals surface area (Å²) < 4.78 is 69.5. The fraction of sp³-hybridized carbons (Fsp3) is 0.457. The van der Waals surface area contributed by atoms with Gasteiger partial charge in [0.2, 0.25) is 10.0 Å². The molecule has 3 aromatic carbocycles. The van der Waals surface area contributed by atoms with Crippen LogP contribution in [0.4, 0.5) is 5.69 Å². The van der Waals surface area contributed by atoms with Crippen molar-refractivity contribution in [2.75, 3.05) is 38.1 Å². The number of sulfonamides is 2. The van der Waals surface area contributed by atoms with Crippen LogP contribution in [0.2, 0.25) is 0 Å². The van der Waals surface area contributed by atoms with Crippen LogP contribution >= 0.6 is 0 Å². The fourth-order valence-corrected chi connectivity index (χ4v) is 7.76. The molecule has 2 N–H and O–H groups in total. The summed E-state index contributed by atoms with van der Waals surface area (Å²) in [5.74, 6) is -0.527. The number of carbonyl (C=O) groups excluding carboxylic acids is 1. The van der Waals surface area contributed by atoms with Gasteiger partial charge in [0.25, 0.3) is 15.9 Å². The Morgan fingerprint density at radius 2 is 1.67 bits per heavy atom. The number of aliphatic hydroxyl groups excluding tert-OH is 1. The van der Waals surface area contributed by atoms with Gasteiger partial charge in [0.05, 0.1) is 40.2 Å². The molecule has 4 atom stereocenters. The van der Waals surface area contributed by atoms with Gasteiger partial charge < -0.3 is 19.5 Å². The Balaban J connectivity index is 1.68. The summed E-state index contributed by atoms with van der Waals surface area (Å²) in [6.07, 6.45) is 1.31. The number of hydrogen-bond donors (Lipinski definition) is 2. The maximum absolute atomic E-state index is 14.4. The van der Waals surface area contributed by atoms with Gasteiger partial charge in [-0.3, -0.25) is 9.52 Å². The Bertz CT molecular complexity index is 1740. The van der Waals surface area contributed by atoms with Crippen LogP contribution in [0.25, 0.3) is 0 Å². The number of carbonyl (C=O) groups is 1. The number of benzene rings is 3. The largest absolute Gasteiger partial charge is 0.490 e. The molecular formula is C35H47N3O8S2. The lowest BCUT2D eigenvalue weighted by atomic mass is 10.0. The number of nitrogens with one attached hydrogen (secondary N) is 1. The monoisotopic (exact) mass is 701 g/mol. The van der Waals surface area contributed by atoms with Crippen molar-refractivity contribution >= 4 is 31.6 Å². The third-order valence-corrected chi connectivity index (χ3v) is 11.8. The molecule has 262 valence electrons. The van der Waals surface area contributed by atoms with Crippen LogP contribution in [0.3, 0.4) is 0 Å². The van der Waals surface area contributed by atoms with E-state index in [0.717, 1.165) is 12.0 Å². The molecule has 13 heteroatoms.